The van der Waals surface area contributed by atoms with Crippen LogP contribution >= 0.6 is 0 Å². The van der Waals surface area contributed by atoms with Gasteiger partial charge in [0.15, 0.2) is 0 Å². The maximum absolute atomic E-state index is 12.7. The molecule has 1 unspecified atom stereocenters. The van der Waals surface area contributed by atoms with Crippen LogP contribution in [0.5, 0.6) is 0 Å². The Bertz CT molecular complexity index is 308. The van der Waals surface area contributed by atoms with E-state index < -0.39 is 6.10 Å². The predicted octanol–water partition coefficient (Wildman–Crippen LogP) is 1.56. The van der Waals surface area contributed by atoms with E-state index >= 15 is 0 Å². The second-order valence-corrected chi connectivity index (χ2v) is 3.01. The van der Waals surface area contributed by atoms with Crippen LogP contribution in [-0.4, -0.2) is 17.5 Å². The minimum absolute atomic E-state index is 0.297. The van der Waals surface area contributed by atoms with E-state index in [1.807, 2.05) is 0 Å². The van der Waals surface area contributed by atoms with Crippen LogP contribution in [0.1, 0.15) is 22.8 Å². The van der Waals surface area contributed by atoms with Gasteiger partial charge in [-0.15, -0.1) is 0 Å². The number of aldehydes is 1. The molecule has 2 nitrogen and oxygen atoms in total. The van der Waals surface area contributed by atoms with Gasteiger partial charge in [0, 0.05) is 5.56 Å². The minimum Gasteiger partial charge on any atom is -0.393 e. The van der Waals surface area contributed by atoms with Crippen molar-refractivity contribution in [3.05, 3.63) is 35.1 Å². The SMILES string of the molecule is CC(O)Cc1cc(F)ccc1C=O. The molecule has 1 atom stereocenters. The molecule has 0 radical (unpaired) electrons. The fraction of sp³-hybridized carbons (Fsp3) is 0.300. The average molecular weight is 182 g/mol. The summed E-state index contributed by atoms with van der Waals surface area (Å²) < 4.78 is 12.7. The highest BCUT2D eigenvalue weighted by molar-refractivity contribution is 5.77. The molecule has 0 amide bonds. The number of hydrogen-bond acceptors (Lipinski definition) is 2. The van der Waals surface area contributed by atoms with Crippen LogP contribution in [-0.2, 0) is 6.42 Å². The van der Waals surface area contributed by atoms with E-state index in [0.29, 0.717) is 23.8 Å². The fourth-order valence-corrected chi connectivity index (χ4v) is 1.18. The third-order valence-corrected chi connectivity index (χ3v) is 1.75. The van der Waals surface area contributed by atoms with Crippen molar-refractivity contribution in [2.45, 2.75) is 19.4 Å². The number of rotatable bonds is 3. The lowest BCUT2D eigenvalue weighted by molar-refractivity contribution is 0.112. The first-order valence-electron chi connectivity index (χ1n) is 4.05. The van der Waals surface area contributed by atoms with E-state index in [9.17, 15) is 9.18 Å². The van der Waals surface area contributed by atoms with E-state index in [1.165, 1.54) is 18.2 Å². The summed E-state index contributed by atoms with van der Waals surface area (Å²) >= 11 is 0. The minimum atomic E-state index is -0.569. The molecule has 0 heterocycles. The zero-order chi connectivity index (χ0) is 9.84. The first-order chi connectivity index (χ1) is 6.13. The molecule has 0 saturated heterocycles. The van der Waals surface area contributed by atoms with Gasteiger partial charge in [0.2, 0.25) is 0 Å². The van der Waals surface area contributed by atoms with E-state index in [1.54, 1.807) is 6.92 Å². The molecule has 1 aromatic carbocycles. The Kier molecular flexibility index (Phi) is 3.14. The Labute approximate surface area is 76.0 Å². The molecule has 0 aromatic heterocycles. The predicted molar refractivity (Wildman–Crippen MR) is 47.2 cm³/mol. The van der Waals surface area contributed by atoms with Gasteiger partial charge >= 0.3 is 0 Å². The van der Waals surface area contributed by atoms with Crippen LogP contribution in [0, 0.1) is 5.82 Å². The number of aliphatic hydroxyl groups excluding tert-OH is 1. The maximum Gasteiger partial charge on any atom is 0.150 e. The van der Waals surface area contributed by atoms with Gasteiger partial charge in [-0.3, -0.25) is 4.79 Å². The van der Waals surface area contributed by atoms with Crippen molar-refractivity contribution >= 4 is 6.29 Å². The summed E-state index contributed by atoms with van der Waals surface area (Å²) in [5, 5.41) is 9.08. The van der Waals surface area contributed by atoms with Crippen molar-refractivity contribution < 1.29 is 14.3 Å². The van der Waals surface area contributed by atoms with Crippen LogP contribution < -0.4 is 0 Å². The van der Waals surface area contributed by atoms with Gasteiger partial charge in [0.05, 0.1) is 6.10 Å². The molecule has 0 aliphatic heterocycles. The Morgan fingerprint density at radius 3 is 2.85 bits per heavy atom. The number of halogens is 1. The van der Waals surface area contributed by atoms with Crippen molar-refractivity contribution in [3.63, 3.8) is 0 Å². The molecule has 0 bridgehead atoms. The Hall–Kier alpha value is -1.22. The first-order valence-corrected chi connectivity index (χ1v) is 4.05. The molecule has 0 saturated carbocycles. The van der Waals surface area contributed by atoms with Crippen LogP contribution in [0.2, 0.25) is 0 Å². The highest BCUT2D eigenvalue weighted by Gasteiger charge is 2.05. The van der Waals surface area contributed by atoms with Crippen LogP contribution in [0.25, 0.3) is 0 Å². The third kappa shape index (κ3) is 2.63. The monoisotopic (exact) mass is 182 g/mol. The molecular weight excluding hydrogens is 171 g/mol. The molecule has 1 N–H and O–H groups in total. The molecule has 0 aliphatic carbocycles. The van der Waals surface area contributed by atoms with Gasteiger partial charge in [0.25, 0.3) is 0 Å². The topological polar surface area (TPSA) is 37.3 Å². The number of benzene rings is 1. The summed E-state index contributed by atoms with van der Waals surface area (Å²) in [6.45, 7) is 1.60. The summed E-state index contributed by atoms with van der Waals surface area (Å²) in [5.74, 6) is -0.388. The van der Waals surface area contributed by atoms with Crippen molar-refractivity contribution in [3.8, 4) is 0 Å². The summed E-state index contributed by atoms with van der Waals surface area (Å²) in [6.07, 6.45) is 0.392. The number of hydrogen-bond donors (Lipinski definition) is 1. The second-order valence-electron chi connectivity index (χ2n) is 3.01. The third-order valence-electron chi connectivity index (χ3n) is 1.75. The highest BCUT2D eigenvalue weighted by atomic mass is 19.1. The molecule has 0 aliphatic rings. The van der Waals surface area contributed by atoms with Crippen LogP contribution in [0.3, 0.4) is 0 Å². The normalized spacial score (nSPS) is 12.5. The molecule has 1 rings (SSSR count). The molecule has 1 aromatic rings. The van der Waals surface area contributed by atoms with E-state index in [-0.39, 0.29) is 5.82 Å². The lowest BCUT2D eigenvalue weighted by Crippen LogP contribution is -2.06. The number of carbonyl (C=O) groups excluding carboxylic acids is 1. The Morgan fingerprint density at radius 1 is 1.62 bits per heavy atom. The van der Waals surface area contributed by atoms with Gasteiger partial charge in [-0.2, -0.15) is 0 Å². The number of aliphatic hydroxyl groups is 1. The van der Waals surface area contributed by atoms with Crippen molar-refractivity contribution in [2.75, 3.05) is 0 Å². The zero-order valence-electron chi connectivity index (χ0n) is 7.33. The van der Waals surface area contributed by atoms with Gasteiger partial charge in [-0.25, -0.2) is 4.39 Å². The molecule has 0 spiro atoms. The Balaban J connectivity index is 3.01. The van der Waals surface area contributed by atoms with Crippen molar-refractivity contribution in [2.24, 2.45) is 0 Å². The quantitative estimate of drug-likeness (QED) is 0.720. The lowest BCUT2D eigenvalue weighted by atomic mass is 10.0. The molecule has 0 fully saturated rings. The molecule has 3 heteroatoms. The van der Waals surface area contributed by atoms with E-state index in [0.717, 1.165) is 0 Å². The summed E-state index contributed by atoms with van der Waals surface area (Å²) in [6, 6.07) is 3.92. The zero-order valence-corrected chi connectivity index (χ0v) is 7.33. The van der Waals surface area contributed by atoms with Gasteiger partial charge in [-0.1, -0.05) is 0 Å². The Morgan fingerprint density at radius 2 is 2.31 bits per heavy atom. The number of carbonyl (C=O) groups is 1. The van der Waals surface area contributed by atoms with Crippen LogP contribution in [0.4, 0.5) is 4.39 Å². The van der Waals surface area contributed by atoms with Crippen LogP contribution in [0.15, 0.2) is 18.2 Å². The van der Waals surface area contributed by atoms with Crippen molar-refractivity contribution in [1.82, 2.24) is 0 Å². The van der Waals surface area contributed by atoms with E-state index in [2.05, 4.69) is 0 Å². The summed E-state index contributed by atoms with van der Waals surface area (Å²) in [5.41, 5.74) is 0.979. The van der Waals surface area contributed by atoms with Gasteiger partial charge in [-0.05, 0) is 37.1 Å². The molecular formula is C10H11FO2. The van der Waals surface area contributed by atoms with E-state index in [4.69, 9.17) is 5.11 Å². The van der Waals surface area contributed by atoms with Gasteiger partial charge in [0.1, 0.15) is 12.1 Å². The summed E-state index contributed by atoms with van der Waals surface area (Å²) in [7, 11) is 0. The summed E-state index contributed by atoms with van der Waals surface area (Å²) in [4.78, 5) is 10.5. The smallest absolute Gasteiger partial charge is 0.150 e. The fourth-order valence-electron chi connectivity index (χ4n) is 1.18. The average Bonchev–Trinajstić information content (AvgIpc) is 2.03. The van der Waals surface area contributed by atoms with Gasteiger partial charge < -0.3 is 5.11 Å². The first kappa shape index (κ1) is 9.86. The largest absolute Gasteiger partial charge is 0.393 e. The second kappa shape index (κ2) is 4.14. The standard InChI is InChI=1S/C10H11FO2/c1-7(13)4-9-5-10(11)3-2-8(9)6-12/h2-3,5-7,13H,4H2,1H3. The molecule has 70 valence electrons. The lowest BCUT2D eigenvalue weighted by Gasteiger charge is -2.06. The maximum atomic E-state index is 12.7. The molecule has 13 heavy (non-hydrogen) atoms. The van der Waals surface area contributed by atoms with Crippen molar-refractivity contribution in [1.29, 1.82) is 0 Å². The highest BCUT2D eigenvalue weighted by Crippen LogP contribution is 2.11.